The van der Waals surface area contributed by atoms with Gasteiger partial charge in [0.15, 0.2) is 0 Å². The van der Waals surface area contributed by atoms with Crippen LogP contribution < -0.4 is 5.43 Å². The van der Waals surface area contributed by atoms with Gasteiger partial charge in [-0.05, 0) is 25.7 Å². The molecule has 1 saturated carbocycles. The van der Waals surface area contributed by atoms with E-state index in [0.29, 0.717) is 0 Å². The van der Waals surface area contributed by atoms with E-state index in [4.69, 9.17) is 4.74 Å². The summed E-state index contributed by atoms with van der Waals surface area (Å²) < 4.78 is 5.31. The second-order valence-electron chi connectivity index (χ2n) is 3.75. The summed E-state index contributed by atoms with van der Waals surface area (Å²) in [5, 5.41) is 1.82. The third-order valence-corrected chi connectivity index (χ3v) is 2.63. The van der Waals surface area contributed by atoms with Crippen LogP contribution in [0.25, 0.3) is 0 Å². The topological polar surface area (TPSA) is 41.6 Å². The van der Waals surface area contributed by atoms with Crippen LogP contribution in [0.4, 0.5) is 4.79 Å². The second kappa shape index (κ2) is 2.62. The fraction of sp³-hybridized carbons (Fsp3) is 0.875. The van der Waals surface area contributed by atoms with Gasteiger partial charge in [-0.1, -0.05) is 0 Å². The minimum atomic E-state index is -0.300. The fourth-order valence-corrected chi connectivity index (χ4v) is 2.16. The SMILES string of the molecule is CN1CC2(CCCC2)OC(=O)N1. The Morgan fingerprint density at radius 3 is 2.75 bits per heavy atom. The Morgan fingerprint density at radius 2 is 2.17 bits per heavy atom. The van der Waals surface area contributed by atoms with E-state index in [1.165, 1.54) is 12.8 Å². The van der Waals surface area contributed by atoms with Gasteiger partial charge in [0.05, 0.1) is 6.54 Å². The molecule has 2 rings (SSSR count). The second-order valence-corrected chi connectivity index (χ2v) is 3.75. The van der Waals surface area contributed by atoms with Crippen LogP contribution in [0.15, 0.2) is 0 Å². The zero-order chi connectivity index (χ0) is 8.60. The van der Waals surface area contributed by atoms with Crippen molar-refractivity contribution in [1.29, 1.82) is 0 Å². The van der Waals surface area contributed by atoms with Gasteiger partial charge in [-0.3, -0.25) is 5.43 Å². The number of carbonyl (C=O) groups is 1. The molecule has 0 aromatic heterocycles. The van der Waals surface area contributed by atoms with Gasteiger partial charge in [-0.2, -0.15) is 0 Å². The van der Waals surface area contributed by atoms with Crippen LogP contribution in [0.2, 0.25) is 0 Å². The van der Waals surface area contributed by atoms with Crippen molar-refractivity contribution in [2.75, 3.05) is 13.6 Å². The quantitative estimate of drug-likeness (QED) is 0.587. The number of likely N-dealkylation sites (N-methyl/N-ethyl adjacent to an activating group) is 1. The summed E-state index contributed by atoms with van der Waals surface area (Å²) in [4.78, 5) is 11.1. The highest BCUT2D eigenvalue weighted by molar-refractivity contribution is 5.68. The van der Waals surface area contributed by atoms with Crippen LogP contribution in [0.5, 0.6) is 0 Å². The lowest BCUT2D eigenvalue weighted by Crippen LogP contribution is -2.57. The van der Waals surface area contributed by atoms with Crippen LogP contribution in [-0.2, 0) is 4.74 Å². The van der Waals surface area contributed by atoms with Crippen LogP contribution in [-0.4, -0.2) is 30.3 Å². The molecule has 0 aromatic rings. The molecule has 0 radical (unpaired) electrons. The van der Waals surface area contributed by atoms with Gasteiger partial charge in [0, 0.05) is 7.05 Å². The number of carbonyl (C=O) groups excluding carboxylic acids is 1. The van der Waals surface area contributed by atoms with E-state index in [0.717, 1.165) is 19.4 Å². The lowest BCUT2D eigenvalue weighted by Gasteiger charge is -2.38. The van der Waals surface area contributed by atoms with Crippen molar-refractivity contribution in [2.24, 2.45) is 0 Å². The molecule has 0 aromatic carbocycles. The van der Waals surface area contributed by atoms with E-state index in [1.807, 2.05) is 12.1 Å². The first-order valence-corrected chi connectivity index (χ1v) is 4.41. The Hall–Kier alpha value is -0.770. The van der Waals surface area contributed by atoms with E-state index < -0.39 is 0 Å². The maximum Gasteiger partial charge on any atom is 0.422 e. The van der Waals surface area contributed by atoms with E-state index in [9.17, 15) is 4.79 Å². The number of nitrogens with zero attached hydrogens (tertiary/aromatic N) is 1. The van der Waals surface area contributed by atoms with Crippen LogP contribution in [0.1, 0.15) is 25.7 Å². The first-order chi connectivity index (χ1) is 5.70. The normalized spacial score (nSPS) is 28.6. The van der Waals surface area contributed by atoms with Crippen molar-refractivity contribution in [1.82, 2.24) is 10.4 Å². The molecule has 1 N–H and O–H groups in total. The van der Waals surface area contributed by atoms with E-state index in [2.05, 4.69) is 5.43 Å². The Labute approximate surface area is 71.8 Å². The summed E-state index contributed by atoms with van der Waals surface area (Å²) in [5.74, 6) is 0. The maximum absolute atomic E-state index is 11.1. The number of ether oxygens (including phenoxy) is 1. The molecule has 12 heavy (non-hydrogen) atoms. The van der Waals surface area contributed by atoms with Gasteiger partial charge in [0.1, 0.15) is 5.60 Å². The minimum absolute atomic E-state index is 0.170. The minimum Gasteiger partial charge on any atom is -0.441 e. The third kappa shape index (κ3) is 1.27. The average Bonchev–Trinajstić information content (AvgIpc) is 2.33. The molecule has 0 unspecified atom stereocenters. The van der Waals surface area contributed by atoms with E-state index >= 15 is 0 Å². The molecule has 1 saturated heterocycles. The van der Waals surface area contributed by atoms with Crippen molar-refractivity contribution in [3.8, 4) is 0 Å². The first kappa shape index (κ1) is 7.86. The fourth-order valence-electron chi connectivity index (χ4n) is 2.16. The average molecular weight is 170 g/mol. The van der Waals surface area contributed by atoms with Gasteiger partial charge in [0.2, 0.25) is 0 Å². The standard InChI is InChI=1S/C8H14N2O2/c1-10-6-8(4-2-3-5-8)12-7(11)9-10/h2-6H2,1H3,(H,9,11). The molecule has 4 nitrogen and oxygen atoms in total. The van der Waals surface area contributed by atoms with Gasteiger partial charge < -0.3 is 4.74 Å². The number of amides is 1. The zero-order valence-corrected chi connectivity index (χ0v) is 7.30. The Bertz CT molecular complexity index is 199. The number of nitrogens with one attached hydrogen (secondary N) is 1. The lowest BCUT2D eigenvalue weighted by atomic mass is 10.0. The van der Waals surface area contributed by atoms with Crippen LogP contribution >= 0.6 is 0 Å². The molecule has 1 heterocycles. The molecule has 2 aliphatic rings. The summed E-state index contributed by atoms with van der Waals surface area (Å²) in [5.41, 5.74) is 2.43. The molecule has 0 bridgehead atoms. The van der Waals surface area contributed by atoms with Crippen molar-refractivity contribution in [2.45, 2.75) is 31.3 Å². The molecule has 1 aliphatic carbocycles. The first-order valence-electron chi connectivity index (χ1n) is 4.41. The van der Waals surface area contributed by atoms with Crippen molar-refractivity contribution in [3.05, 3.63) is 0 Å². The van der Waals surface area contributed by atoms with Gasteiger partial charge in [0.25, 0.3) is 0 Å². The predicted molar refractivity (Wildman–Crippen MR) is 43.4 cm³/mol. The lowest BCUT2D eigenvalue weighted by molar-refractivity contribution is -0.0557. The molecule has 1 aliphatic heterocycles. The summed E-state index contributed by atoms with van der Waals surface area (Å²) >= 11 is 0. The largest absolute Gasteiger partial charge is 0.441 e. The summed E-state index contributed by atoms with van der Waals surface area (Å²) in [6.07, 6.45) is 4.10. The van der Waals surface area contributed by atoms with Crippen LogP contribution in [0, 0.1) is 0 Å². The van der Waals surface area contributed by atoms with Gasteiger partial charge in [-0.25, -0.2) is 9.80 Å². The Morgan fingerprint density at radius 1 is 1.50 bits per heavy atom. The van der Waals surface area contributed by atoms with E-state index in [1.54, 1.807) is 0 Å². The Kier molecular flexibility index (Phi) is 1.72. The molecule has 1 amide bonds. The Balaban J connectivity index is 2.09. The highest BCUT2D eigenvalue weighted by Crippen LogP contribution is 2.34. The molecular formula is C8H14N2O2. The highest BCUT2D eigenvalue weighted by Gasteiger charge is 2.42. The summed E-state index contributed by atoms with van der Waals surface area (Å²) in [7, 11) is 1.88. The third-order valence-electron chi connectivity index (χ3n) is 2.63. The summed E-state index contributed by atoms with van der Waals surface area (Å²) in [6, 6.07) is 0. The molecule has 4 heteroatoms. The molecule has 2 fully saturated rings. The maximum atomic E-state index is 11.1. The van der Waals surface area contributed by atoms with Gasteiger partial charge in [-0.15, -0.1) is 0 Å². The smallest absolute Gasteiger partial charge is 0.422 e. The van der Waals surface area contributed by atoms with Crippen molar-refractivity contribution in [3.63, 3.8) is 0 Å². The zero-order valence-electron chi connectivity index (χ0n) is 7.30. The predicted octanol–water partition coefficient (Wildman–Crippen LogP) is 0.886. The highest BCUT2D eigenvalue weighted by atomic mass is 16.6. The molecule has 68 valence electrons. The van der Waals surface area contributed by atoms with Crippen LogP contribution in [0.3, 0.4) is 0 Å². The van der Waals surface area contributed by atoms with Crippen molar-refractivity contribution < 1.29 is 9.53 Å². The molecule has 0 atom stereocenters. The summed E-state index contributed by atoms with van der Waals surface area (Å²) in [6.45, 7) is 0.818. The van der Waals surface area contributed by atoms with E-state index in [-0.39, 0.29) is 11.7 Å². The monoisotopic (exact) mass is 170 g/mol. The number of rotatable bonds is 0. The van der Waals surface area contributed by atoms with Gasteiger partial charge >= 0.3 is 6.09 Å². The van der Waals surface area contributed by atoms with Crippen molar-refractivity contribution >= 4 is 6.09 Å². The number of hydrazine groups is 1. The molecule has 1 spiro atoms. The number of hydrogen-bond donors (Lipinski definition) is 1. The molecular weight excluding hydrogens is 156 g/mol. The number of hydrogen-bond acceptors (Lipinski definition) is 3.